The highest BCUT2D eigenvalue weighted by molar-refractivity contribution is 5.94. The van der Waals surface area contributed by atoms with Crippen LogP contribution in [0.15, 0.2) is 24.3 Å². The summed E-state index contributed by atoms with van der Waals surface area (Å²) >= 11 is 0. The molecule has 1 aromatic carbocycles. The van der Waals surface area contributed by atoms with Crippen LogP contribution in [0, 0.1) is 0 Å². The molecule has 2 aliphatic heterocycles. The van der Waals surface area contributed by atoms with Crippen LogP contribution in [0.1, 0.15) is 41.6 Å². The van der Waals surface area contributed by atoms with Gasteiger partial charge in [0.2, 0.25) is 0 Å². The number of amides is 2. The SMILES string of the molecule is COC1(C(=O)NCc2ccc(C(=O)NCCN3CCCC3)cc2)CCNCC1.Cl.Cl. The Morgan fingerprint density at radius 3 is 2.30 bits per heavy atom. The van der Waals surface area contributed by atoms with E-state index in [-0.39, 0.29) is 36.6 Å². The Labute approximate surface area is 191 Å². The number of halogens is 2. The van der Waals surface area contributed by atoms with Crippen molar-refractivity contribution < 1.29 is 14.3 Å². The van der Waals surface area contributed by atoms with Gasteiger partial charge >= 0.3 is 0 Å². The third kappa shape index (κ3) is 7.10. The Morgan fingerprint density at radius 1 is 1.07 bits per heavy atom. The lowest BCUT2D eigenvalue weighted by atomic mass is 9.91. The van der Waals surface area contributed by atoms with Gasteiger partial charge in [0.25, 0.3) is 11.8 Å². The van der Waals surface area contributed by atoms with E-state index in [0.717, 1.165) is 38.3 Å². The van der Waals surface area contributed by atoms with Crippen LogP contribution in [-0.2, 0) is 16.1 Å². The highest BCUT2D eigenvalue weighted by atomic mass is 35.5. The number of likely N-dealkylation sites (tertiary alicyclic amines) is 1. The molecule has 9 heteroatoms. The van der Waals surface area contributed by atoms with Crippen molar-refractivity contribution in [3.63, 3.8) is 0 Å². The first-order valence-corrected chi connectivity index (χ1v) is 10.3. The van der Waals surface area contributed by atoms with Crippen molar-refractivity contribution in [3.05, 3.63) is 35.4 Å². The van der Waals surface area contributed by atoms with Crippen molar-refractivity contribution in [1.82, 2.24) is 20.9 Å². The third-order valence-electron chi connectivity index (χ3n) is 5.80. The summed E-state index contributed by atoms with van der Waals surface area (Å²) in [5.74, 6) is -0.122. The van der Waals surface area contributed by atoms with E-state index < -0.39 is 5.60 Å². The molecule has 2 saturated heterocycles. The topological polar surface area (TPSA) is 82.7 Å². The van der Waals surface area contributed by atoms with E-state index in [1.54, 1.807) is 7.11 Å². The molecule has 2 aliphatic rings. The highest BCUT2D eigenvalue weighted by Gasteiger charge is 2.39. The van der Waals surface area contributed by atoms with E-state index in [4.69, 9.17) is 4.74 Å². The van der Waals surface area contributed by atoms with Crippen molar-refractivity contribution in [3.8, 4) is 0 Å². The molecular weight excluding hydrogens is 427 g/mol. The van der Waals surface area contributed by atoms with E-state index in [2.05, 4.69) is 20.9 Å². The minimum Gasteiger partial charge on any atom is -0.368 e. The van der Waals surface area contributed by atoms with Gasteiger partial charge in [-0.05, 0) is 69.6 Å². The number of nitrogens with one attached hydrogen (secondary N) is 3. The molecule has 0 bridgehead atoms. The molecule has 2 heterocycles. The second-order valence-corrected chi connectivity index (χ2v) is 7.63. The van der Waals surface area contributed by atoms with Crippen LogP contribution in [0.3, 0.4) is 0 Å². The Morgan fingerprint density at radius 2 is 1.70 bits per heavy atom. The summed E-state index contributed by atoms with van der Waals surface area (Å²) in [6, 6.07) is 7.39. The summed E-state index contributed by atoms with van der Waals surface area (Å²) in [7, 11) is 1.60. The molecule has 0 unspecified atom stereocenters. The molecule has 0 radical (unpaired) electrons. The van der Waals surface area contributed by atoms with E-state index in [1.165, 1.54) is 12.8 Å². The first-order chi connectivity index (χ1) is 13.6. The van der Waals surface area contributed by atoms with Gasteiger partial charge in [-0.25, -0.2) is 0 Å². The average molecular weight is 461 g/mol. The Balaban J connectivity index is 0.00000225. The second-order valence-electron chi connectivity index (χ2n) is 7.63. The maximum atomic E-state index is 12.6. The van der Waals surface area contributed by atoms with Crippen LogP contribution in [0.5, 0.6) is 0 Å². The van der Waals surface area contributed by atoms with Gasteiger partial charge in [-0.1, -0.05) is 12.1 Å². The third-order valence-corrected chi connectivity index (χ3v) is 5.80. The summed E-state index contributed by atoms with van der Waals surface area (Å²) in [4.78, 5) is 27.2. The first kappa shape index (κ1) is 26.7. The lowest BCUT2D eigenvalue weighted by Gasteiger charge is -2.34. The van der Waals surface area contributed by atoms with E-state index >= 15 is 0 Å². The minimum absolute atomic E-state index is 0. The molecule has 0 atom stereocenters. The lowest BCUT2D eigenvalue weighted by molar-refractivity contribution is -0.146. The largest absolute Gasteiger partial charge is 0.368 e. The number of hydrogen-bond acceptors (Lipinski definition) is 5. The number of rotatable bonds is 8. The summed E-state index contributed by atoms with van der Waals surface area (Å²) < 4.78 is 5.55. The predicted octanol–water partition coefficient (Wildman–Crippen LogP) is 1.74. The number of methoxy groups -OCH3 is 1. The fourth-order valence-electron chi connectivity index (χ4n) is 3.91. The Hall–Kier alpha value is -1.38. The molecule has 0 spiro atoms. The zero-order valence-electron chi connectivity index (χ0n) is 17.6. The molecule has 2 amide bonds. The van der Waals surface area contributed by atoms with Crippen LogP contribution in [0.4, 0.5) is 0 Å². The van der Waals surface area contributed by atoms with Gasteiger partial charge in [0.15, 0.2) is 0 Å². The molecule has 170 valence electrons. The predicted molar refractivity (Wildman–Crippen MR) is 123 cm³/mol. The molecule has 30 heavy (non-hydrogen) atoms. The summed E-state index contributed by atoms with van der Waals surface area (Å²) in [5.41, 5.74) is 0.866. The maximum Gasteiger partial charge on any atom is 0.252 e. The van der Waals surface area contributed by atoms with Crippen LogP contribution in [-0.4, -0.2) is 68.7 Å². The lowest BCUT2D eigenvalue weighted by Crippen LogP contribution is -2.53. The van der Waals surface area contributed by atoms with Crippen LogP contribution in [0.2, 0.25) is 0 Å². The molecule has 2 fully saturated rings. The quantitative estimate of drug-likeness (QED) is 0.550. The number of ether oxygens (including phenoxy) is 1. The minimum atomic E-state index is -0.736. The number of hydrogen-bond donors (Lipinski definition) is 3. The van der Waals surface area contributed by atoms with Gasteiger partial charge < -0.3 is 25.6 Å². The summed E-state index contributed by atoms with van der Waals surface area (Å²) in [5, 5.41) is 9.20. The molecule has 0 saturated carbocycles. The zero-order chi connectivity index (χ0) is 19.8. The Kier molecular flexibility index (Phi) is 11.7. The fourth-order valence-corrected chi connectivity index (χ4v) is 3.91. The van der Waals surface area contributed by atoms with Crippen molar-refractivity contribution in [1.29, 1.82) is 0 Å². The van der Waals surface area contributed by atoms with Crippen LogP contribution in [0.25, 0.3) is 0 Å². The molecule has 1 aromatic rings. The number of benzene rings is 1. The van der Waals surface area contributed by atoms with Gasteiger partial charge in [0, 0.05) is 32.3 Å². The van der Waals surface area contributed by atoms with Crippen LogP contribution >= 0.6 is 24.8 Å². The van der Waals surface area contributed by atoms with E-state index in [0.29, 0.717) is 31.5 Å². The fraction of sp³-hybridized carbons (Fsp3) is 0.619. The summed E-state index contributed by atoms with van der Waals surface area (Å²) in [6.45, 7) is 5.84. The number of carbonyl (C=O) groups is 2. The van der Waals surface area contributed by atoms with Gasteiger partial charge in [-0.3, -0.25) is 9.59 Å². The average Bonchev–Trinajstić information content (AvgIpc) is 3.26. The molecule has 7 nitrogen and oxygen atoms in total. The smallest absolute Gasteiger partial charge is 0.252 e. The normalized spacial score (nSPS) is 18.0. The van der Waals surface area contributed by atoms with Crippen molar-refractivity contribution in [2.45, 2.75) is 37.8 Å². The van der Waals surface area contributed by atoms with E-state index in [9.17, 15) is 9.59 Å². The monoisotopic (exact) mass is 460 g/mol. The van der Waals surface area contributed by atoms with Gasteiger partial charge in [-0.2, -0.15) is 0 Å². The summed E-state index contributed by atoms with van der Waals surface area (Å²) in [6.07, 6.45) is 3.86. The van der Waals surface area contributed by atoms with Crippen molar-refractivity contribution in [2.24, 2.45) is 0 Å². The van der Waals surface area contributed by atoms with E-state index in [1.807, 2.05) is 24.3 Å². The molecule has 0 aliphatic carbocycles. The Bertz CT molecular complexity index is 661. The standard InChI is InChI=1S/C21H32N4O3.2ClH/c1-28-21(8-10-22-11-9-21)20(27)24-16-17-4-6-18(7-5-17)19(26)23-12-15-25-13-2-3-14-25;;/h4-7,22H,2-3,8-16H2,1H3,(H,23,26)(H,24,27);2*1H. The highest BCUT2D eigenvalue weighted by Crippen LogP contribution is 2.22. The zero-order valence-corrected chi connectivity index (χ0v) is 19.2. The van der Waals surface area contributed by atoms with Gasteiger partial charge in [-0.15, -0.1) is 24.8 Å². The first-order valence-electron chi connectivity index (χ1n) is 10.3. The number of nitrogens with zero attached hydrogens (tertiary/aromatic N) is 1. The van der Waals surface area contributed by atoms with Crippen molar-refractivity contribution >= 4 is 36.6 Å². The molecule has 3 rings (SSSR count). The number of piperidine rings is 1. The van der Waals surface area contributed by atoms with Gasteiger partial charge in [0.1, 0.15) is 5.60 Å². The van der Waals surface area contributed by atoms with Gasteiger partial charge in [0.05, 0.1) is 0 Å². The maximum absolute atomic E-state index is 12.6. The van der Waals surface area contributed by atoms with Crippen LogP contribution < -0.4 is 16.0 Å². The molecular formula is C21H34Cl2N4O3. The number of carbonyl (C=O) groups excluding carboxylic acids is 2. The second kappa shape index (κ2) is 13.1. The molecule has 3 N–H and O–H groups in total. The van der Waals surface area contributed by atoms with Crippen molar-refractivity contribution in [2.75, 3.05) is 46.4 Å². The molecule has 0 aromatic heterocycles.